The second-order valence-electron chi connectivity index (χ2n) is 6.89. The molecule has 2 aliphatic heterocycles. The number of fused-ring (bicyclic) bond motifs is 2. The van der Waals surface area contributed by atoms with Gasteiger partial charge in [-0.3, -0.25) is 14.7 Å². The molecule has 1 fully saturated rings. The molecule has 2 aromatic rings. The van der Waals surface area contributed by atoms with Crippen LogP contribution in [0.5, 0.6) is 0 Å². The molecule has 2 heterocycles. The normalized spacial score (nSPS) is 17.6. The van der Waals surface area contributed by atoms with Gasteiger partial charge >= 0.3 is 6.03 Å². The summed E-state index contributed by atoms with van der Waals surface area (Å²) in [5, 5.41) is 6.63. The highest BCUT2D eigenvalue weighted by molar-refractivity contribution is 6.17. The van der Waals surface area contributed by atoms with E-state index in [2.05, 4.69) is 17.3 Å². The van der Waals surface area contributed by atoms with Gasteiger partial charge < -0.3 is 10.2 Å². The van der Waals surface area contributed by atoms with Crippen LogP contribution in [-0.4, -0.2) is 67.1 Å². The number of anilines is 3. The van der Waals surface area contributed by atoms with Crippen LogP contribution in [0.1, 0.15) is 10.4 Å². The van der Waals surface area contributed by atoms with E-state index >= 15 is 0 Å². The summed E-state index contributed by atoms with van der Waals surface area (Å²) in [5.41, 5.74) is 2.36. The number of benzene rings is 2. The van der Waals surface area contributed by atoms with Crippen LogP contribution in [-0.2, 0) is 0 Å². The molecule has 1 N–H and O–H groups in total. The predicted molar refractivity (Wildman–Crippen MR) is 105 cm³/mol. The van der Waals surface area contributed by atoms with Crippen molar-refractivity contribution in [3.63, 3.8) is 0 Å². The van der Waals surface area contributed by atoms with E-state index < -0.39 is 0 Å². The van der Waals surface area contributed by atoms with Crippen LogP contribution in [0.4, 0.5) is 21.9 Å². The highest BCUT2D eigenvalue weighted by atomic mass is 16.2. The van der Waals surface area contributed by atoms with Gasteiger partial charge in [0.05, 0.1) is 22.6 Å². The van der Waals surface area contributed by atoms with Crippen LogP contribution in [0.3, 0.4) is 0 Å². The number of nitrogens with one attached hydrogen (secondary N) is 1. The minimum Gasteiger partial charge on any atom is -0.320 e. The third-order valence-corrected chi connectivity index (χ3v) is 5.15. The van der Waals surface area contributed by atoms with Gasteiger partial charge in [0.15, 0.2) is 0 Å². The Morgan fingerprint density at radius 1 is 0.963 bits per heavy atom. The zero-order chi connectivity index (χ0) is 19.0. The molecule has 27 heavy (non-hydrogen) atoms. The van der Waals surface area contributed by atoms with E-state index in [0.717, 1.165) is 26.2 Å². The zero-order valence-electron chi connectivity index (χ0n) is 15.6. The second-order valence-corrected chi connectivity index (χ2v) is 6.89. The number of amides is 3. The number of hydrazine groups is 1. The molecule has 0 saturated carbocycles. The average molecular weight is 365 g/mol. The molecule has 0 bridgehead atoms. The van der Waals surface area contributed by atoms with E-state index in [4.69, 9.17) is 0 Å². The zero-order valence-corrected chi connectivity index (χ0v) is 15.6. The van der Waals surface area contributed by atoms with Crippen LogP contribution < -0.4 is 10.2 Å². The quantitative estimate of drug-likeness (QED) is 0.844. The van der Waals surface area contributed by atoms with E-state index in [1.54, 1.807) is 29.1 Å². The molecule has 140 valence electrons. The Balaban J connectivity index is 1.75. The van der Waals surface area contributed by atoms with Gasteiger partial charge in [-0.1, -0.05) is 24.3 Å². The maximum absolute atomic E-state index is 13.5. The first-order valence-electron chi connectivity index (χ1n) is 9.07. The highest BCUT2D eigenvalue weighted by Crippen LogP contribution is 2.38. The van der Waals surface area contributed by atoms with Crippen LogP contribution in [0, 0.1) is 0 Å². The van der Waals surface area contributed by atoms with Crippen molar-refractivity contribution >= 4 is 29.0 Å². The molecule has 0 aromatic heterocycles. The lowest BCUT2D eigenvalue weighted by Gasteiger charge is -2.40. The Hall–Kier alpha value is -2.90. The van der Waals surface area contributed by atoms with E-state index in [0.29, 0.717) is 22.6 Å². The van der Waals surface area contributed by atoms with Gasteiger partial charge in [-0.25, -0.2) is 9.80 Å². The number of para-hydroxylation sites is 3. The summed E-state index contributed by atoms with van der Waals surface area (Å²) in [6.45, 7) is 3.38. The van der Waals surface area contributed by atoms with Crippen molar-refractivity contribution in [3.8, 4) is 0 Å². The predicted octanol–water partition coefficient (Wildman–Crippen LogP) is 2.60. The summed E-state index contributed by atoms with van der Waals surface area (Å²) >= 11 is 0. The van der Waals surface area contributed by atoms with Gasteiger partial charge in [-0.05, 0) is 31.3 Å². The maximum atomic E-state index is 13.5. The molecule has 1 saturated heterocycles. The van der Waals surface area contributed by atoms with Crippen molar-refractivity contribution in [1.29, 1.82) is 0 Å². The summed E-state index contributed by atoms with van der Waals surface area (Å²) in [4.78, 5) is 30.1. The van der Waals surface area contributed by atoms with Crippen molar-refractivity contribution in [2.75, 3.05) is 50.5 Å². The Bertz CT molecular complexity index is 876. The van der Waals surface area contributed by atoms with Crippen LogP contribution in [0.25, 0.3) is 0 Å². The highest BCUT2D eigenvalue weighted by Gasteiger charge is 2.33. The molecule has 2 aliphatic rings. The van der Waals surface area contributed by atoms with E-state index in [9.17, 15) is 9.59 Å². The van der Waals surface area contributed by atoms with Gasteiger partial charge in [-0.15, -0.1) is 0 Å². The Morgan fingerprint density at radius 3 is 2.33 bits per heavy atom. The molecule has 7 heteroatoms. The number of carbonyl (C=O) groups excluding carboxylic acids is 2. The third-order valence-electron chi connectivity index (χ3n) is 5.15. The number of piperazine rings is 1. The van der Waals surface area contributed by atoms with Crippen molar-refractivity contribution in [2.45, 2.75) is 0 Å². The third kappa shape index (κ3) is 3.15. The fourth-order valence-corrected chi connectivity index (χ4v) is 3.52. The summed E-state index contributed by atoms with van der Waals surface area (Å²) in [6, 6.07) is 14.4. The smallest absolute Gasteiger partial charge is 0.320 e. The fourth-order valence-electron chi connectivity index (χ4n) is 3.52. The molecule has 0 atom stereocenters. The lowest BCUT2D eigenvalue weighted by atomic mass is 10.1. The number of carbonyl (C=O) groups is 2. The largest absolute Gasteiger partial charge is 0.343 e. The lowest BCUT2D eigenvalue weighted by molar-refractivity contribution is 0.00225. The fraction of sp³-hybridized carbons (Fsp3) is 0.300. The van der Waals surface area contributed by atoms with Gasteiger partial charge in [0.25, 0.3) is 5.91 Å². The number of nitrogens with zero attached hydrogens (tertiary/aromatic N) is 4. The first-order valence-corrected chi connectivity index (χ1v) is 9.07. The number of likely N-dealkylation sites (N-methyl/N-ethyl adjacent to an activating group) is 1. The van der Waals surface area contributed by atoms with Crippen molar-refractivity contribution in [2.24, 2.45) is 0 Å². The number of rotatable bonds is 1. The SMILES string of the molecule is CN1CCN(N(C)C(=O)N2c3ccccc3NC(=O)c3ccccc32)CC1. The van der Waals surface area contributed by atoms with Gasteiger partial charge in [0.1, 0.15) is 0 Å². The molecule has 0 spiro atoms. The molecule has 0 aliphatic carbocycles. The first-order chi connectivity index (χ1) is 13.1. The molecule has 2 aromatic carbocycles. The van der Waals surface area contributed by atoms with Gasteiger partial charge in [-0.2, -0.15) is 0 Å². The van der Waals surface area contributed by atoms with E-state index in [-0.39, 0.29) is 11.9 Å². The van der Waals surface area contributed by atoms with Crippen LogP contribution in [0.15, 0.2) is 48.5 Å². The molecular weight excluding hydrogens is 342 g/mol. The number of hydrogen-bond acceptors (Lipinski definition) is 4. The standard InChI is InChI=1S/C20H23N5O2/c1-22-11-13-24(14-12-22)23(2)20(27)25-17-9-5-3-7-15(17)19(26)21-16-8-4-6-10-18(16)25/h3-10H,11-14H2,1-2H3,(H,21,26). The number of hydrogen-bond donors (Lipinski definition) is 1. The lowest BCUT2D eigenvalue weighted by Crippen LogP contribution is -2.55. The molecule has 7 nitrogen and oxygen atoms in total. The monoisotopic (exact) mass is 365 g/mol. The molecule has 4 rings (SSSR count). The van der Waals surface area contributed by atoms with Crippen molar-refractivity contribution in [3.05, 3.63) is 54.1 Å². The second kappa shape index (κ2) is 7.02. The van der Waals surface area contributed by atoms with Crippen molar-refractivity contribution < 1.29 is 9.59 Å². The van der Waals surface area contributed by atoms with Crippen LogP contribution >= 0.6 is 0 Å². The summed E-state index contributed by atoms with van der Waals surface area (Å²) < 4.78 is 0. The van der Waals surface area contributed by atoms with E-state index in [1.807, 2.05) is 41.4 Å². The molecular formula is C20H23N5O2. The van der Waals surface area contributed by atoms with E-state index in [1.165, 1.54) is 0 Å². The summed E-state index contributed by atoms with van der Waals surface area (Å²) in [6.07, 6.45) is 0. The Labute approximate surface area is 158 Å². The average Bonchev–Trinajstić information content (AvgIpc) is 2.81. The van der Waals surface area contributed by atoms with Gasteiger partial charge in [0.2, 0.25) is 0 Å². The summed E-state index contributed by atoms with van der Waals surface area (Å²) in [5.74, 6) is -0.212. The van der Waals surface area contributed by atoms with Crippen molar-refractivity contribution in [1.82, 2.24) is 14.9 Å². The first kappa shape index (κ1) is 17.5. The Morgan fingerprint density at radius 2 is 1.59 bits per heavy atom. The van der Waals surface area contributed by atoms with Gasteiger partial charge in [0, 0.05) is 33.2 Å². The van der Waals surface area contributed by atoms with Crippen LogP contribution in [0.2, 0.25) is 0 Å². The topological polar surface area (TPSA) is 59.1 Å². The molecule has 0 radical (unpaired) electrons. The number of urea groups is 1. The minimum atomic E-state index is -0.212. The molecule has 0 unspecified atom stereocenters. The molecule has 3 amide bonds. The minimum absolute atomic E-state index is 0.184. The Kier molecular flexibility index (Phi) is 4.55. The maximum Gasteiger partial charge on any atom is 0.343 e. The summed E-state index contributed by atoms with van der Waals surface area (Å²) in [7, 11) is 3.87.